The SMILES string of the molecule is COCC(C)(C)NC1CCN(C)C1=O. The van der Waals surface area contributed by atoms with Crippen LogP contribution in [0.1, 0.15) is 20.3 Å². The van der Waals surface area contributed by atoms with E-state index in [2.05, 4.69) is 5.32 Å². The highest BCUT2D eigenvalue weighted by Gasteiger charge is 2.33. The third-order valence-corrected chi connectivity index (χ3v) is 2.50. The maximum Gasteiger partial charge on any atom is 0.239 e. The summed E-state index contributed by atoms with van der Waals surface area (Å²) in [5, 5.41) is 3.32. The van der Waals surface area contributed by atoms with Crippen LogP contribution in [0.3, 0.4) is 0 Å². The normalized spacial score (nSPS) is 23.3. The molecule has 1 heterocycles. The van der Waals surface area contributed by atoms with Crippen LogP contribution in [0.4, 0.5) is 0 Å². The number of likely N-dealkylation sites (N-methyl/N-ethyl adjacent to an activating group) is 1. The van der Waals surface area contributed by atoms with E-state index in [0.29, 0.717) is 6.61 Å². The Morgan fingerprint density at radius 1 is 1.64 bits per heavy atom. The van der Waals surface area contributed by atoms with E-state index in [1.165, 1.54) is 0 Å². The number of amides is 1. The lowest BCUT2D eigenvalue weighted by atomic mass is 10.0. The Balaban J connectivity index is 2.48. The molecule has 1 aliphatic rings. The average Bonchev–Trinajstić information content (AvgIpc) is 2.35. The molecule has 1 fully saturated rings. The van der Waals surface area contributed by atoms with Crippen LogP contribution in [0.15, 0.2) is 0 Å². The van der Waals surface area contributed by atoms with Crippen molar-refractivity contribution in [2.45, 2.75) is 31.8 Å². The average molecular weight is 200 g/mol. The van der Waals surface area contributed by atoms with Crippen LogP contribution in [-0.2, 0) is 9.53 Å². The predicted molar refractivity (Wildman–Crippen MR) is 55.1 cm³/mol. The molecule has 0 saturated carbocycles. The minimum atomic E-state index is -0.139. The molecular weight excluding hydrogens is 180 g/mol. The number of methoxy groups -OCH3 is 1. The Morgan fingerprint density at radius 3 is 2.71 bits per heavy atom. The number of likely N-dealkylation sites (tertiary alicyclic amines) is 1. The van der Waals surface area contributed by atoms with Gasteiger partial charge in [-0.25, -0.2) is 0 Å². The van der Waals surface area contributed by atoms with Gasteiger partial charge in [0, 0.05) is 26.2 Å². The zero-order valence-corrected chi connectivity index (χ0v) is 9.46. The maximum absolute atomic E-state index is 11.6. The molecule has 1 rings (SSSR count). The van der Waals surface area contributed by atoms with Crippen LogP contribution < -0.4 is 5.32 Å². The topological polar surface area (TPSA) is 41.6 Å². The largest absolute Gasteiger partial charge is 0.383 e. The highest BCUT2D eigenvalue weighted by atomic mass is 16.5. The zero-order valence-electron chi connectivity index (χ0n) is 9.46. The maximum atomic E-state index is 11.6. The molecule has 82 valence electrons. The third-order valence-electron chi connectivity index (χ3n) is 2.50. The number of carbonyl (C=O) groups excluding carboxylic acids is 1. The van der Waals surface area contributed by atoms with Crippen molar-refractivity contribution in [3.05, 3.63) is 0 Å². The Hall–Kier alpha value is -0.610. The molecule has 0 aromatic rings. The van der Waals surface area contributed by atoms with E-state index in [-0.39, 0.29) is 17.5 Å². The molecule has 0 aromatic heterocycles. The number of nitrogens with one attached hydrogen (secondary N) is 1. The predicted octanol–water partition coefficient (Wildman–Crippen LogP) is 0.232. The number of hydrogen-bond acceptors (Lipinski definition) is 3. The van der Waals surface area contributed by atoms with Crippen molar-refractivity contribution in [1.82, 2.24) is 10.2 Å². The summed E-state index contributed by atoms with van der Waals surface area (Å²) in [7, 11) is 3.51. The number of hydrogen-bond donors (Lipinski definition) is 1. The zero-order chi connectivity index (χ0) is 10.8. The van der Waals surface area contributed by atoms with Crippen molar-refractivity contribution in [3.63, 3.8) is 0 Å². The van der Waals surface area contributed by atoms with Gasteiger partial charge in [-0.05, 0) is 20.3 Å². The number of nitrogens with zero attached hydrogens (tertiary/aromatic N) is 1. The summed E-state index contributed by atoms with van der Waals surface area (Å²) in [6, 6.07) is -0.0369. The van der Waals surface area contributed by atoms with Gasteiger partial charge in [-0.15, -0.1) is 0 Å². The fourth-order valence-electron chi connectivity index (χ4n) is 1.83. The monoisotopic (exact) mass is 200 g/mol. The van der Waals surface area contributed by atoms with E-state index in [0.717, 1.165) is 13.0 Å². The van der Waals surface area contributed by atoms with Gasteiger partial charge in [-0.3, -0.25) is 10.1 Å². The standard InChI is InChI=1S/C10H20N2O2/c1-10(2,7-14-4)11-8-5-6-12(3)9(8)13/h8,11H,5-7H2,1-4H3. The molecule has 1 aliphatic heterocycles. The molecule has 4 heteroatoms. The first-order valence-corrected chi connectivity index (χ1v) is 4.98. The summed E-state index contributed by atoms with van der Waals surface area (Å²) in [6.45, 7) is 5.55. The van der Waals surface area contributed by atoms with Crippen LogP contribution >= 0.6 is 0 Å². The first-order chi connectivity index (χ1) is 6.46. The molecule has 1 atom stereocenters. The van der Waals surface area contributed by atoms with Crippen molar-refractivity contribution in [2.24, 2.45) is 0 Å². The van der Waals surface area contributed by atoms with Gasteiger partial charge in [-0.2, -0.15) is 0 Å². The Kier molecular flexibility index (Phi) is 3.50. The van der Waals surface area contributed by atoms with Gasteiger partial charge < -0.3 is 9.64 Å². The van der Waals surface area contributed by atoms with E-state index in [1.54, 1.807) is 12.0 Å². The smallest absolute Gasteiger partial charge is 0.239 e. The van der Waals surface area contributed by atoms with Gasteiger partial charge in [0.15, 0.2) is 0 Å². The molecule has 0 aliphatic carbocycles. The Labute approximate surface area is 85.6 Å². The van der Waals surface area contributed by atoms with Gasteiger partial charge in [0.2, 0.25) is 5.91 Å². The Bertz CT molecular complexity index is 216. The van der Waals surface area contributed by atoms with E-state index in [1.807, 2.05) is 20.9 Å². The Morgan fingerprint density at radius 2 is 2.29 bits per heavy atom. The van der Waals surface area contributed by atoms with E-state index >= 15 is 0 Å². The van der Waals surface area contributed by atoms with Crippen molar-refractivity contribution < 1.29 is 9.53 Å². The summed E-state index contributed by atoms with van der Waals surface area (Å²) in [4.78, 5) is 13.4. The molecule has 1 N–H and O–H groups in total. The lowest BCUT2D eigenvalue weighted by molar-refractivity contribution is -0.128. The molecule has 1 unspecified atom stereocenters. The van der Waals surface area contributed by atoms with Crippen LogP contribution in [0, 0.1) is 0 Å². The third kappa shape index (κ3) is 2.69. The van der Waals surface area contributed by atoms with Gasteiger partial charge in [0.05, 0.1) is 12.6 Å². The second-order valence-corrected chi connectivity index (χ2v) is 4.56. The molecule has 4 nitrogen and oxygen atoms in total. The molecule has 0 aromatic carbocycles. The van der Waals surface area contributed by atoms with Gasteiger partial charge in [-0.1, -0.05) is 0 Å². The number of carbonyl (C=O) groups is 1. The summed E-state index contributed by atoms with van der Waals surface area (Å²) in [5.74, 6) is 0.189. The second-order valence-electron chi connectivity index (χ2n) is 4.56. The van der Waals surface area contributed by atoms with E-state index in [4.69, 9.17) is 4.74 Å². The fraction of sp³-hybridized carbons (Fsp3) is 0.900. The van der Waals surface area contributed by atoms with E-state index < -0.39 is 0 Å². The minimum absolute atomic E-state index is 0.0369. The molecule has 0 spiro atoms. The molecule has 1 saturated heterocycles. The molecular formula is C10H20N2O2. The lowest BCUT2D eigenvalue weighted by Crippen LogP contribution is -2.51. The van der Waals surface area contributed by atoms with Crippen LogP contribution in [0.5, 0.6) is 0 Å². The summed E-state index contributed by atoms with van der Waals surface area (Å²) >= 11 is 0. The molecule has 0 bridgehead atoms. The summed E-state index contributed by atoms with van der Waals surface area (Å²) < 4.78 is 5.09. The minimum Gasteiger partial charge on any atom is -0.383 e. The summed E-state index contributed by atoms with van der Waals surface area (Å²) in [5.41, 5.74) is -0.139. The first-order valence-electron chi connectivity index (χ1n) is 4.98. The van der Waals surface area contributed by atoms with Crippen molar-refractivity contribution in [1.29, 1.82) is 0 Å². The van der Waals surface area contributed by atoms with Crippen molar-refractivity contribution in [2.75, 3.05) is 27.3 Å². The molecule has 14 heavy (non-hydrogen) atoms. The van der Waals surface area contributed by atoms with Crippen LogP contribution in [0.25, 0.3) is 0 Å². The summed E-state index contributed by atoms with van der Waals surface area (Å²) in [6.07, 6.45) is 0.891. The molecule has 0 radical (unpaired) electrons. The fourth-order valence-corrected chi connectivity index (χ4v) is 1.83. The number of rotatable bonds is 4. The highest BCUT2D eigenvalue weighted by molar-refractivity contribution is 5.83. The first kappa shape index (κ1) is 11.5. The van der Waals surface area contributed by atoms with Crippen molar-refractivity contribution in [3.8, 4) is 0 Å². The van der Waals surface area contributed by atoms with Crippen molar-refractivity contribution >= 4 is 5.91 Å². The second kappa shape index (κ2) is 4.28. The quantitative estimate of drug-likeness (QED) is 0.706. The van der Waals surface area contributed by atoms with Gasteiger partial charge in [0.1, 0.15) is 0 Å². The number of ether oxygens (including phenoxy) is 1. The highest BCUT2D eigenvalue weighted by Crippen LogP contribution is 2.13. The molecule has 1 amide bonds. The van der Waals surface area contributed by atoms with E-state index in [9.17, 15) is 4.79 Å². The van der Waals surface area contributed by atoms with Crippen LogP contribution in [-0.4, -0.2) is 49.7 Å². The van der Waals surface area contributed by atoms with Gasteiger partial charge >= 0.3 is 0 Å². The lowest BCUT2D eigenvalue weighted by Gasteiger charge is -2.28. The van der Waals surface area contributed by atoms with Gasteiger partial charge in [0.25, 0.3) is 0 Å². The van der Waals surface area contributed by atoms with Crippen LogP contribution in [0.2, 0.25) is 0 Å².